The molecule has 2 heterocycles. The Balaban J connectivity index is 1.55. The summed E-state index contributed by atoms with van der Waals surface area (Å²) in [5, 5.41) is 3.80. The summed E-state index contributed by atoms with van der Waals surface area (Å²) in [5.41, 5.74) is 11.1. The summed E-state index contributed by atoms with van der Waals surface area (Å²) in [7, 11) is 0. The first-order chi connectivity index (χ1) is 14.5. The van der Waals surface area contributed by atoms with E-state index >= 15 is 0 Å². The molecule has 3 N–H and O–H groups in total. The summed E-state index contributed by atoms with van der Waals surface area (Å²) in [6.07, 6.45) is 5.74. The Morgan fingerprint density at radius 2 is 1.97 bits per heavy atom. The third-order valence-electron chi connectivity index (χ3n) is 4.82. The summed E-state index contributed by atoms with van der Waals surface area (Å²) >= 11 is 1.64. The minimum Gasteiger partial charge on any atom is -0.383 e. The highest BCUT2D eigenvalue weighted by molar-refractivity contribution is 7.19. The molecule has 5 nitrogen and oxygen atoms in total. The molecule has 0 radical (unpaired) electrons. The highest BCUT2D eigenvalue weighted by Crippen LogP contribution is 2.40. The maximum atomic E-state index is 12.3. The van der Waals surface area contributed by atoms with Gasteiger partial charge in [0.25, 0.3) is 0 Å². The topological polar surface area (TPSA) is 80.9 Å². The number of nitrogen functional groups attached to an aromatic ring is 1. The van der Waals surface area contributed by atoms with Crippen molar-refractivity contribution in [3.8, 4) is 11.1 Å². The molecular weight excluding hydrogens is 392 g/mol. The fraction of sp³-hybridized carbons (Fsp3) is 0.125. The number of nitrogens with one attached hydrogen (secondary N) is 1. The summed E-state index contributed by atoms with van der Waals surface area (Å²) in [5.74, 6) is 0.321. The van der Waals surface area contributed by atoms with E-state index in [1.807, 2.05) is 61.5 Å². The SMILES string of the molecule is CCc1sc2ncnc(N)c2c1-c1ccc(NC(=O)C=Cc2cccc(C)c2)cc1. The Morgan fingerprint density at radius 3 is 2.70 bits per heavy atom. The average Bonchev–Trinajstić information content (AvgIpc) is 3.13. The molecule has 0 aliphatic carbocycles. The third kappa shape index (κ3) is 4.09. The van der Waals surface area contributed by atoms with Crippen LogP contribution in [0.1, 0.15) is 22.9 Å². The smallest absolute Gasteiger partial charge is 0.248 e. The van der Waals surface area contributed by atoms with Crippen molar-refractivity contribution in [1.29, 1.82) is 0 Å². The van der Waals surface area contributed by atoms with Crippen molar-refractivity contribution in [2.45, 2.75) is 20.3 Å². The summed E-state index contributed by atoms with van der Waals surface area (Å²) in [4.78, 5) is 22.9. The van der Waals surface area contributed by atoms with Gasteiger partial charge in [0.05, 0.1) is 5.39 Å². The number of hydrogen-bond donors (Lipinski definition) is 2. The van der Waals surface area contributed by atoms with E-state index in [-0.39, 0.29) is 5.91 Å². The number of fused-ring (bicyclic) bond motifs is 1. The Hall–Kier alpha value is -3.51. The number of nitrogens with zero attached hydrogens (tertiary/aromatic N) is 2. The highest BCUT2D eigenvalue weighted by atomic mass is 32.1. The van der Waals surface area contributed by atoms with E-state index in [9.17, 15) is 4.79 Å². The van der Waals surface area contributed by atoms with Crippen LogP contribution in [-0.4, -0.2) is 15.9 Å². The van der Waals surface area contributed by atoms with Crippen molar-refractivity contribution in [3.63, 3.8) is 0 Å². The molecule has 0 aliphatic heterocycles. The van der Waals surface area contributed by atoms with Gasteiger partial charge in [0.2, 0.25) is 5.91 Å². The molecule has 0 atom stereocenters. The monoisotopic (exact) mass is 414 g/mol. The number of thiophene rings is 1. The zero-order valence-electron chi connectivity index (χ0n) is 16.8. The largest absolute Gasteiger partial charge is 0.383 e. The number of benzene rings is 2. The van der Waals surface area contributed by atoms with Crippen LogP contribution in [0, 0.1) is 6.92 Å². The van der Waals surface area contributed by atoms with Gasteiger partial charge in [0.15, 0.2) is 0 Å². The van der Waals surface area contributed by atoms with Crippen molar-refractivity contribution in [1.82, 2.24) is 9.97 Å². The van der Waals surface area contributed by atoms with Crippen LogP contribution in [0.3, 0.4) is 0 Å². The third-order valence-corrected chi connectivity index (χ3v) is 6.06. The van der Waals surface area contributed by atoms with Crippen LogP contribution < -0.4 is 11.1 Å². The lowest BCUT2D eigenvalue weighted by Gasteiger charge is -2.07. The molecular formula is C24H22N4OS. The minimum atomic E-state index is -0.169. The Morgan fingerprint density at radius 1 is 1.17 bits per heavy atom. The number of nitrogens with two attached hydrogens (primary N) is 1. The molecule has 150 valence electrons. The first-order valence-corrected chi connectivity index (χ1v) is 10.5. The molecule has 0 spiro atoms. The van der Waals surface area contributed by atoms with Crippen molar-refractivity contribution in [3.05, 3.63) is 76.9 Å². The predicted octanol–water partition coefficient (Wildman–Crippen LogP) is 5.46. The van der Waals surface area contributed by atoms with Crippen LogP contribution in [-0.2, 0) is 11.2 Å². The molecule has 0 saturated heterocycles. The van der Waals surface area contributed by atoms with Crippen molar-refractivity contribution < 1.29 is 4.79 Å². The maximum Gasteiger partial charge on any atom is 0.248 e. The molecule has 2 aromatic carbocycles. The second-order valence-electron chi connectivity index (χ2n) is 7.01. The number of amides is 1. The number of anilines is 2. The number of aryl methyl sites for hydroxylation is 2. The fourth-order valence-corrected chi connectivity index (χ4v) is 4.51. The van der Waals surface area contributed by atoms with Crippen LogP contribution >= 0.6 is 11.3 Å². The number of hydrogen-bond acceptors (Lipinski definition) is 5. The van der Waals surface area contributed by atoms with Crippen molar-refractivity contribution in [2.75, 3.05) is 11.1 Å². The zero-order valence-corrected chi connectivity index (χ0v) is 17.7. The molecule has 4 aromatic rings. The fourth-order valence-electron chi connectivity index (χ4n) is 3.41. The lowest BCUT2D eigenvalue weighted by atomic mass is 10.0. The van der Waals surface area contributed by atoms with Crippen LogP contribution in [0.25, 0.3) is 27.4 Å². The minimum absolute atomic E-state index is 0.169. The van der Waals surface area contributed by atoms with Gasteiger partial charge in [-0.25, -0.2) is 9.97 Å². The average molecular weight is 415 g/mol. The number of aromatic nitrogens is 2. The van der Waals surface area contributed by atoms with Gasteiger partial charge in [-0.3, -0.25) is 4.79 Å². The molecule has 2 aromatic heterocycles. The van der Waals surface area contributed by atoms with Crippen molar-refractivity contribution >= 4 is 45.0 Å². The van der Waals surface area contributed by atoms with Gasteiger partial charge in [-0.15, -0.1) is 11.3 Å². The van der Waals surface area contributed by atoms with E-state index in [4.69, 9.17) is 5.73 Å². The summed E-state index contributed by atoms with van der Waals surface area (Å²) in [6, 6.07) is 15.8. The number of rotatable bonds is 5. The normalized spacial score (nSPS) is 11.3. The van der Waals surface area contributed by atoms with Crippen LogP contribution in [0.2, 0.25) is 0 Å². The molecule has 30 heavy (non-hydrogen) atoms. The van der Waals surface area contributed by atoms with E-state index in [2.05, 4.69) is 22.2 Å². The maximum absolute atomic E-state index is 12.3. The van der Waals surface area contributed by atoms with E-state index in [1.165, 1.54) is 11.2 Å². The van der Waals surface area contributed by atoms with Gasteiger partial charge in [-0.2, -0.15) is 0 Å². The number of carbonyl (C=O) groups is 1. The van der Waals surface area contributed by atoms with Gasteiger partial charge in [-0.05, 0) is 42.7 Å². The molecule has 0 saturated carbocycles. The second kappa shape index (κ2) is 8.47. The Bertz CT molecular complexity index is 1240. The molecule has 0 fully saturated rings. The standard InChI is InChI=1S/C24H22N4OS/c1-3-19-21(22-23(25)26-14-27-24(22)30-19)17-8-10-18(11-9-17)28-20(29)12-7-16-6-4-5-15(2)13-16/h4-14H,3H2,1-2H3,(H,28,29)(H2,25,26,27). The Labute approximate surface area is 179 Å². The quantitative estimate of drug-likeness (QED) is 0.425. The van der Waals surface area contributed by atoms with E-state index < -0.39 is 0 Å². The zero-order chi connectivity index (χ0) is 21.1. The van der Waals surface area contributed by atoms with Crippen LogP contribution in [0.5, 0.6) is 0 Å². The van der Waals surface area contributed by atoms with E-state index in [0.29, 0.717) is 5.82 Å². The molecule has 6 heteroatoms. The molecule has 0 aliphatic rings. The first-order valence-electron chi connectivity index (χ1n) is 9.73. The highest BCUT2D eigenvalue weighted by Gasteiger charge is 2.16. The predicted molar refractivity (Wildman–Crippen MR) is 125 cm³/mol. The number of carbonyl (C=O) groups excluding carboxylic acids is 1. The van der Waals surface area contributed by atoms with Crippen LogP contribution in [0.15, 0.2) is 60.9 Å². The van der Waals surface area contributed by atoms with Gasteiger partial charge < -0.3 is 11.1 Å². The molecule has 0 unspecified atom stereocenters. The van der Waals surface area contributed by atoms with Gasteiger partial charge in [0.1, 0.15) is 17.0 Å². The van der Waals surface area contributed by atoms with Gasteiger partial charge in [-0.1, -0.05) is 48.9 Å². The summed E-state index contributed by atoms with van der Waals surface area (Å²) < 4.78 is 0. The lowest BCUT2D eigenvalue weighted by Crippen LogP contribution is -2.07. The van der Waals surface area contributed by atoms with Gasteiger partial charge >= 0.3 is 0 Å². The Kier molecular flexibility index (Phi) is 5.59. The molecule has 1 amide bonds. The second-order valence-corrected chi connectivity index (χ2v) is 8.09. The lowest BCUT2D eigenvalue weighted by molar-refractivity contribution is -0.111. The van der Waals surface area contributed by atoms with Gasteiger partial charge in [0, 0.05) is 22.2 Å². The molecule has 0 bridgehead atoms. The van der Waals surface area contributed by atoms with Crippen LogP contribution in [0.4, 0.5) is 11.5 Å². The molecule has 4 rings (SSSR count). The first kappa shape index (κ1) is 19.8. The summed E-state index contributed by atoms with van der Waals surface area (Å²) in [6.45, 7) is 4.15. The van der Waals surface area contributed by atoms with E-state index in [0.717, 1.165) is 44.6 Å². The van der Waals surface area contributed by atoms with E-state index in [1.54, 1.807) is 17.4 Å². The van der Waals surface area contributed by atoms with Crippen molar-refractivity contribution in [2.24, 2.45) is 0 Å².